The van der Waals surface area contributed by atoms with Crippen LogP contribution in [-0.4, -0.2) is 56.9 Å². The number of aliphatic carboxylic acids is 1. The largest absolute Gasteiger partial charge is 0.480 e. The zero-order valence-electron chi connectivity index (χ0n) is 13.2. The van der Waals surface area contributed by atoms with Gasteiger partial charge in [0.2, 0.25) is 0 Å². The summed E-state index contributed by atoms with van der Waals surface area (Å²) < 4.78 is 11.1. The van der Waals surface area contributed by atoms with Crippen molar-refractivity contribution in [2.45, 2.75) is 52.1 Å². The molecule has 1 heterocycles. The Balaban J connectivity index is 2.70. The zero-order valence-corrected chi connectivity index (χ0v) is 14.0. The molecular weight excluding hydrogens is 292 g/mol. The van der Waals surface area contributed by atoms with E-state index < -0.39 is 28.2 Å². The van der Waals surface area contributed by atoms with Crippen LogP contribution >= 0.6 is 0 Å². The SMILES string of the molecule is CC(CCS(C)=O)NC(=O)N1CCCC(C)(C)C1C(=O)O. The fourth-order valence-corrected chi connectivity index (χ4v) is 3.47. The van der Waals surface area contributed by atoms with Crippen molar-refractivity contribution in [3.8, 4) is 0 Å². The van der Waals surface area contributed by atoms with E-state index in [1.807, 2.05) is 20.8 Å². The summed E-state index contributed by atoms with van der Waals surface area (Å²) in [7, 11) is -0.891. The Morgan fingerprint density at radius 3 is 2.62 bits per heavy atom. The van der Waals surface area contributed by atoms with E-state index in [0.717, 1.165) is 12.8 Å². The van der Waals surface area contributed by atoms with Crippen LogP contribution in [0.25, 0.3) is 0 Å². The van der Waals surface area contributed by atoms with Gasteiger partial charge in [-0.2, -0.15) is 0 Å². The van der Waals surface area contributed by atoms with Crippen molar-refractivity contribution in [2.24, 2.45) is 5.41 Å². The highest BCUT2D eigenvalue weighted by atomic mass is 32.2. The number of nitrogens with zero attached hydrogens (tertiary/aromatic N) is 1. The molecule has 3 unspecified atom stereocenters. The first-order chi connectivity index (χ1) is 9.65. The van der Waals surface area contributed by atoms with Crippen LogP contribution in [0.5, 0.6) is 0 Å². The summed E-state index contributed by atoms with van der Waals surface area (Å²) in [5.74, 6) is -0.438. The maximum absolute atomic E-state index is 12.3. The number of carboxylic acids is 1. The molecule has 21 heavy (non-hydrogen) atoms. The summed E-state index contributed by atoms with van der Waals surface area (Å²) in [5.41, 5.74) is -0.435. The Kier molecular flexibility index (Phi) is 6.19. The number of nitrogens with one attached hydrogen (secondary N) is 1. The summed E-state index contributed by atoms with van der Waals surface area (Å²) >= 11 is 0. The van der Waals surface area contributed by atoms with Crippen LogP contribution in [-0.2, 0) is 15.6 Å². The fourth-order valence-electron chi connectivity index (χ4n) is 2.79. The van der Waals surface area contributed by atoms with Gasteiger partial charge in [0.1, 0.15) is 6.04 Å². The third-order valence-corrected chi connectivity index (χ3v) is 4.79. The number of hydrogen-bond donors (Lipinski definition) is 2. The van der Waals surface area contributed by atoms with Gasteiger partial charge < -0.3 is 15.3 Å². The number of carbonyl (C=O) groups is 2. The van der Waals surface area contributed by atoms with Crippen molar-refractivity contribution < 1.29 is 18.9 Å². The number of rotatable bonds is 5. The van der Waals surface area contributed by atoms with Crippen LogP contribution in [0.4, 0.5) is 4.79 Å². The van der Waals surface area contributed by atoms with Gasteiger partial charge in [0.15, 0.2) is 0 Å². The number of piperidine rings is 1. The molecule has 0 aliphatic carbocycles. The minimum absolute atomic E-state index is 0.124. The second-order valence-electron chi connectivity index (χ2n) is 6.44. The normalized spacial score (nSPS) is 24.2. The van der Waals surface area contributed by atoms with Gasteiger partial charge in [-0.15, -0.1) is 0 Å². The summed E-state index contributed by atoms with van der Waals surface area (Å²) in [6.07, 6.45) is 3.83. The lowest BCUT2D eigenvalue weighted by Crippen LogP contribution is -2.59. The molecule has 1 aliphatic heterocycles. The van der Waals surface area contributed by atoms with E-state index in [4.69, 9.17) is 0 Å². The first kappa shape index (κ1) is 17.9. The van der Waals surface area contributed by atoms with Crippen molar-refractivity contribution in [2.75, 3.05) is 18.6 Å². The average molecular weight is 318 g/mol. The van der Waals surface area contributed by atoms with E-state index in [0.29, 0.717) is 18.7 Å². The molecule has 2 N–H and O–H groups in total. The Labute approximate surface area is 128 Å². The van der Waals surface area contributed by atoms with E-state index in [1.54, 1.807) is 6.26 Å². The second kappa shape index (κ2) is 7.24. The summed E-state index contributed by atoms with van der Waals surface area (Å²) in [6, 6.07) is -1.27. The molecule has 6 nitrogen and oxygen atoms in total. The maximum atomic E-state index is 12.3. The summed E-state index contributed by atoms with van der Waals surface area (Å²) in [4.78, 5) is 25.3. The van der Waals surface area contributed by atoms with Gasteiger partial charge in [0.25, 0.3) is 0 Å². The molecule has 7 heteroatoms. The minimum Gasteiger partial charge on any atom is -0.480 e. The lowest BCUT2D eigenvalue weighted by atomic mass is 9.76. The molecule has 0 saturated carbocycles. The third kappa shape index (κ3) is 4.98. The minimum atomic E-state index is -0.961. The molecule has 1 saturated heterocycles. The molecule has 3 atom stereocenters. The highest BCUT2D eigenvalue weighted by Crippen LogP contribution is 2.35. The first-order valence-corrected chi connectivity index (χ1v) is 8.98. The van der Waals surface area contributed by atoms with Crippen molar-refractivity contribution in [3.05, 3.63) is 0 Å². The highest BCUT2D eigenvalue weighted by molar-refractivity contribution is 7.84. The van der Waals surface area contributed by atoms with Crippen molar-refractivity contribution >= 4 is 22.8 Å². The van der Waals surface area contributed by atoms with Crippen LogP contribution < -0.4 is 5.32 Å². The zero-order chi connectivity index (χ0) is 16.2. The number of carbonyl (C=O) groups excluding carboxylic acids is 1. The monoisotopic (exact) mass is 318 g/mol. The number of hydrogen-bond acceptors (Lipinski definition) is 3. The smallest absolute Gasteiger partial charge is 0.327 e. The van der Waals surface area contributed by atoms with Gasteiger partial charge in [0, 0.05) is 35.4 Å². The number of likely N-dealkylation sites (tertiary alicyclic amines) is 1. The molecule has 0 bridgehead atoms. The molecule has 1 fully saturated rings. The van der Waals surface area contributed by atoms with Gasteiger partial charge in [-0.3, -0.25) is 4.21 Å². The Hall–Kier alpha value is -1.11. The van der Waals surface area contributed by atoms with E-state index >= 15 is 0 Å². The number of urea groups is 1. The molecule has 0 radical (unpaired) electrons. The Morgan fingerprint density at radius 2 is 2.10 bits per heavy atom. The van der Waals surface area contributed by atoms with E-state index in [2.05, 4.69) is 5.32 Å². The van der Waals surface area contributed by atoms with E-state index in [9.17, 15) is 18.9 Å². The van der Waals surface area contributed by atoms with Gasteiger partial charge >= 0.3 is 12.0 Å². The van der Waals surface area contributed by atoms with Crippen molar-refractivity contribution in [1.29, 1.82) is 0 Å². The molecule has 0 aromatic carbocycles. The molecule has 1 aliphatic rings. The average Bonchev–Trinajstić information content (AvgIpc) is 2.34. The highest BCUT2D eigenvalue weighted by Gasteiger charge is 2.44. The number of amides is 2. The molecular formula is C14H26N2O4S. The van der Waals surface area contributed by atoms with Crippen LogP contribution in [0.3, 0.4) is 0 Å². The standard InChI is InChI=1S/C14H26N2O4S/c1-10(6-9-21(4)20)15-13(19)16-8-5-7-14(2,3)11(16)12(17)18/h10-11H,5-9H2,1-4H3,(H,15,19)(H,17,18). The Morgan fingerprint density at radius 1 is 1.48 bits per heavy atom. The van der Waals surface area contributed by atoms with Gasteiger partial charge in [-0.25, -0.2) is 9.59 Å². The Bertz CT molecular complexity index is 425. The molecule has 0 spiro atoms. The molecule has 1 rings (SSSR count). The summed E-state index contributed by atoms with van der Waals surface area (Å²) in [5, 5.41) is 12.3. The second-order valence-corrected chi connectivity index (χ2v) is 8.00. The van der Waals surface area contributed by atoms with Crippen LogP contribution in [0.15, 0.2) is 0 Å². The predicted octanol–water partition coefficient (Wildman–Crippen LogP) is 1.43. The van der Waals surface area contributed by atoms with Crippen molar-refractivity contribution in [1.82, 2.24) is 10.2 Å². The molecule has 0 aromatic rings. The van der Waals surface area contributed by atoms with Crippen LogP contribution in [0, 0.1) is 5.41 Å². The van der Waals surface area contributed by atoms with Crippen LogP contribution in [0.1, 0.15) is 40.0 Å². The molecule has 122 valence electrons. The van der Waals surface area contributed by atoms with Crippen molar-refractivity contribution in [3.63, 3.8) is 0 Å². The lowest BCUT2D eigenvalue weighted by Gasteiger charge is -2.44. The summed E-state index contributed by atoms with van der Waals surface area (Å²) in [6.45, 7) is 6.07. The van der Waals surface area contributed by atoms with E-state index in [-0.39, 0.29) is 12.1 Å². The molecule has 0 aromatic heterocycles. The van der Waals surface area contributed by atoms with E-state index in [1.165, 1.54) is 4.90 Å². The number of carboxylic acid groups (broad SMARTS) is 1. The maximum Gasteiger partial charge on any atom is 0.327 e. The van der Waals surface area contributed by atoms with Crippen LogP contribution in [0.2, 0.25) is 0 Å². The molecule has 2 amide bonds. The van der Waals surface area contributed by atoms with Gasteiger partial charge in [-0.05, 0) is 31.6 Å². The fraction of sp³-hybridized carbons (Fsp3) is 0.857. The predicted molar refractivity (Wildman–Crippen MR) is 82.7 cm³/mol. The quantitative estimate of drug-likeness (QED) is 0.803. The van der Waals surface area contributed by atoms with Gasteiger partial charge in [0.05, 0.1) is 0 Å². The third-order valence-electron chi connectivity index (χ3n) is 3.98. The lowest BCUT2D eigenvalue weighted by molar-refractivity contribution is -0.148. The topological polar surface area (TPSA) is 86.7 Å². The first-order valence-electron chi connectivity index (χ1n) is 7.25. The van der Waals surface area contributed by atoms with Gasteiger partial charge in [-0.1, -0.05) is 13.8 Å².